The third-order valence-electron chi connectivity index (χ3n) is 8.06. The molecule has 5 heterocycles. The summed E-state index contributed by atoms with van der Waals surface area (Å²) in [7, 11) is 1.72. The third kappa shape index (κ3) is 5.82. The Morgan fingerprint density at radius 2 is 1.89 bits per heavy atom. The Hall–Kier alpha value is -4.19. The van der Waals surface area contributed by atoms with Gasteiger partial charge in [0, 0.05) is 63.3 Å². The molecule has 2 aliphatic rings. The van der Waals surface area contributed by atoms with Crippen molar-refractivity contribution in [2.24, 2.45) is 0 Å². The lowest BCUT2D eigenvalue weighted by molar-refractivity contribution is -0.142. The van der Waals surface area contributed by atoms with E-state index in [1.54, 1.807) is 33.5 Å². The molecule has 44 heavy (non-hydrogen) atoms. The molecule has 0 bridgehead atoms. The number of benzene rings is 1. The lowest BCUT2D eigenvalue weighted by Gasteiger charge is -2.39. The average molecular weight is 625 g/mol. The molecule has 1 amide bonds. The smallest absolute Gasteiger partial charge is 0.244 e. The van der Waals surface area contributed by atoms with Gasteiger partial charge in [-0.1, -0.05) is 11.3 Å². The molecule has 0 spiro atoms. The monoisotopic (exact) mass is 624 g/mol. The minimum atomic E-state index is -2.62. The highest BCUT2D eigenvalue weighted by atomic mass is 32.1. The van der Waals surface area contributed by atoms with E-state index in [9.17, 15) is 28.3 Å². The first-order chi connectivity index (χ1) is 21.1. The lowest BCUT2D eigenvalue weighted by atomic mass is 10.1. The van der Waals surface area contributed by atoms with Crippen molar-refractivity contribution in [1.29, 1.82) is 5.26 Å². The van der Waals surface area contributed by atoms with Crippen molar-refractivity contribution >= 4 is 39.3 Å². The molecular formula is C30H31F3N8O2S. The van der Waals surface area contributed by atoms with Crippen molar-refractivity contribution in [3.8, 4) is 17.3 Å². The van der Waals surface area contributed by atoms with Gasteiger partial charge in [0.2, 0.25) is 12.3 Å². The van der Waals surface area contributed by atoms with Gasteiger partial charge in [0.1, 0.15) is 22.5 Å². The number of likely N-dealkylation sites (tertiary alicyclic amines) is 1. The Bertz CT molecular complexity index is 1720. The van der Waals surface area contributed by atoms with E-state index in [0.29, 0.717) is 78.3 Å². The molecule has 4 aromatic rings. The molecule has 0 radical (unpaired) electrons. The van der Waals surface area contributed by atoms with E-state index in [4.69, 9.17) is 0 Å². The van der Waals surface area contributed by atoms with E-state index in [2.05, 4.69) is 26.0 Å². The van der Waals surface area contributed by atoms with Crippen molar-refractivity contribution in [2.75, 3.05) is 62.7 Å². The molecule has 1 aromatic carbocycles. The Morgan fingerprint density at radius 1 is 1.18 bits per heavy atom. The van der Waals surface area contributed by atoms with Crippen molar-refractivity contribution in [3.63, 3.8) is 0 Å². The van der Waals surface area contributed by atoms with Crippen molar-refractivity contribution in [3.05, 3.63) is 58.5 Å². The van der Waals surface area contributed by atoms with Crippen LogP contribution in [-0.2, 0) is 11.2 Å². The Balaban J connectivity index is 1.30. The number of nitrogens with zero attached hydrogens (tertiary/aromatic N) is 8. The summed E-state index contributed by atoms with van der Waals surface area (Å²) >= 11 is 1.12. The normalized spacial score (nSPS) is 16.0. The summed E-state index contributed by atoms with van der Waals surface area (Å²) in [5.74, 6) is -0.389. The van der Waals surface area contributed by atoms with Gasteiger partial charge in [-0.3, -0.25) is 9.69 Å². The summed E-state index contributed by atoms with van der Waals surface area (Å²) in [6.45, 7) is 5.67. The molecular weight excluding hydrogens is 593 g/mol. The van der Waals surface area contributed by atoms with Gasteiger partial charge in [-0.15, -0.1) is 0 Å². The fourth-order valence-electron chi connectivity index (χ4n) is 5.70. The molecule has 230 valence electrons. The third-order valence-corrected chi connectivity index (χ3v) is 9.09. The summed E-state index contributed by atoms with van der Waals surface area (Å²) < 4.78 is 42.7. The number of hydrogen-bond donors (Lipinski definition) is 1. The number of carbonyl (C=O) groups is 1. The maximum atomic E-state index is 13.8. The number of anilines is 3. The Kier molecular flexibility index (Phi) is 8.19. The zero-order valence-corrected chi connectivity index (χ0v) is 25.1. The lowest BCUT2D eigenvalue weighted by Crippen LogP contribution is -2.57. The molecule has 0 unspecified atom stereocenters. The van der Waals surface area contributed by atoms with Crippen LogP contribution in [0.4, 0.5) is 29.7 Å². The van der Waals surface area contributed by atoms with E-state index in [0.717, 1.165) is 22.7 Å². The number of aliphatic hydroxyl groups excluding tert-OH is 1. The molecule has 0 atom stereocenters. The zero-order chi connectivity index (χ0) is 31.1. The van der Waals surface area contributed by atoms with Crippen LogP contribution in [0.25, 0.3) is 16.8 Å². The number of aryl methyl sites for hydroxylation is 1. The van der Waals surface area contributed by atoms with Gasteiger partial charge in [0.25, 0.3) is 0 Å². The molecule has 2 saturated heterocycles. The number of aliphatic hydroxyl groups is 1. The number of thiazole rings is 1. The van der Waals surface area contributed by atoms with Crippen molar-refractivity contribution in [1.82, 2.24) is 24.4 Å². The first kappa shape index (κ1) is 29.9. The quantitative estimate of drug-likeness (QED) is 0.317. The summed E-state index contributed by atoms with van der Waals surface area (Å²) in [5, 5.41) is 24.3. The molecule has 0 saturated carbocycles. The van der Waals surface area contributed by atoms with Crippen LogP contribution in [-0.4, -0.2) is 101 Å². The summed E-state index contributed by atoms with van der Waals surface area (Å²) in [6, 6.07) is 11.8. The molecule has 3 aromatic heterocycles. The number of hydrogen-bond acceptors (Lipinski definition) is 9. The van der Waals surface area contributed by atoms with E-state index in [1.165, 1.54) is 12.1 Å². The van der Waals surface area contributed by atoms with Crippen LogP contribution in [0.1, 0.15) is 16.3 Å². The number of amides is 1. The topological polar surface area (TPSA) is 104 Å². The number of fused-ring (bicyclic) bond motifs is 1. The van der Waals surface area contributed by atoms with E-state index < -0.39 is 24.8 Å². The summed E-state index contributed by atoms with van der Waals surface area (Å²) in [6.07, 6.45) is -3.61. The Morgan fingerprint density at radius 3 is 2.52 bits per heavy atom. The number of rotatable bonds is 8. The number of aromatic nitrogens is 3. The average Bonchev–Trinajstić information content (AvgIpc) is 3.57. The first-order valence-corrected chi connectivity index (χ1v) is 15.1. The maximum Gasteiger partial charge on any atom is 0.244 e. The molecule has 0 aliphatic carbocycles. The Labute approximate surface area is 256 Å². The number of halogens is 3. The highest BCUT2D eigenvalue weighted by molar-refractivity contribution is 7.16. The molecule has 6 rings (SSSR count). The second-order valence-corrected chi connectivity index (χ2v) is 12.1. The molecule has 2 aliphatic heterocycles. The van der Waals surface area contributed by atoms with Crippen LogP contribution < -0.4 is 9.80 Å². The van der Waals surface area contributed by atoms with Gasteiger partial charge in [-0.25, -0.2) is 22.7 Å². The van der Waals surface area contributed by atoms with Gasteiger partial charge in [-0.05, 0) is 43.3 Å². The predicted molar refractivity (Wildman–Crippen MR) is 161 cm³/mol. The van der Waals surface area contributed by atoms with Gasteiger partial charge in [0.05, 0.1) is 36.0 Å². The number of alkyl halides is 2. The van der Waals surface area contributed by atoms with Crippen LogP contribution in [0.3, 0.4) is 0 Å². The van der Waals surface area contributed by atoms with Crippen LogP contribution in [0, 0.1) is 24.1 Å². The van der Waals surface area contributed by atoms with E-state index >= 15 is 0 Å². The highest BCUT2D eigenvalue weighted by Crippen LogP contribution is 2.39. The number of pyridine rings is 1. The van der Waals surface area contributed by atoms with E-state index in [1.807, 2.05) is 19.1 Å². The molecule has 10 nitrogen and oxygen atoms in total. The van der Waals surface area contributed by atoms with Crippen LogP contribution >= 0.6 is 11.3 Å². The SMILES string of the molecule is Cc1cc(N2CCN(CC(=O)N3CC(O)C3)CC2)cc2c(N(C)c3nc(-c4ccc(F)cc4)c(C#N)s3)c(CC(F)F)nn12. The number of nitriles is 1. The maximum absolute atomic E-state index is 13.8. The number of piperazine rings is 1. The van der Waals surface area contributed by atoms with Crippen molar-refractivity contribution < 1.29 is 23.1 Å². The second-order valence-electron chi connectivity index (χ2n) is 11.1. The zero-order valence-electron chi connectivity index (χ0n) is 24.3. The van der Waals surface area contributed by atoms with Gasteiger partial charge >= 0.3 is 0 Å². The van der Waals surface area contributed by atoms with Gasteiger partial charge < -0.3 is 19.8 Å². The highest BCUT2D eigenvalue weighted by Gasteiger charge is 2.31. The number of carbonyl (C=O) groups excluding carboxylic acids is 1. The standard InChI is InChI=1S/C30H31F3N8O2S/c1-18-11-21(39-9-7-38(8-10-39)17-27(43)40-15-22(42)16-40)12-24-29(23(13-26(32)33)36-41(18)24)37(2)30-35-28(25(14-34)44-30)19-3-5-20(31)6-4-19/h3-6,11-12,22,26,42H,7-10,13,15-17H2,1-2H3. The minimum absolute atomic E-state index is 0.0174. The number of β-amino-alcohol motifs (C(OH)–C–C–N with tert-alkyl or cyclic N) is 1. The van der Waals surface area contributed by atoms with Crippen molar-refractivity contribution in [2.45, 2.75) is 25.9 Å². The van der Waals surface area contributed by atoms with Crippen LogP contribution in [0.2, 0.25) is 0 Å². The molecule has 14 heteroatoms. The first-order valence-electron chi connectivity index (χ1n) is 14.3. The summed E-state index contributed by atoms with van der Waals surface area (Å²) in [5.41, 5.74) is 3.96. The van der Waals surface area contributed by atoms with Gasteiger partial charge in [-0.2, -0.15) is 10.4 Å². The molecule has 1 N–H and O–H groups in total. The minimum Gasteiger partial charge on any atom is -0.389 e. The second kappa shape index (κ2) is 12.1. The van der Waals surface area contributed by atoms with Gasteiger partial charge in [0.15, 0.2) is 5.13 Å². The fraction of sp³-hybridized carbons (Fsp3) is 0.400. The largest absolute Gasteiger partial charge is 0.389 e. The fourth-order valence-corrected chi connectivity index (χ4v) is 6.55. The van der Waals surface area contributed by atoms with E-state index in [-0.39, 0.29) is 11.6 Å². The summed E-state index contributed by atoms with van der Waals surface area (Å²) in [4.78, 5) is 25.1. The molecule has 2 fully saturated rings. The predicted octanol–water partition coefficient (Wildman–Crippen LogP) is 3.68. The van der Waals surface area contributed by atoms with Crippen LogP contribution in [0.5, 0.6) is 0 Å². The van der Waals surface area contributed by atoms with Crippen LogP contribution in [0.15, 0.2) is 36.4 Å².